The van der Waals surface area contributed by atoms with Crippen LogP contribution in [0.2, 0.25) is 0 Å². The number of nitrogens with one attached hydrogen (secondary N) is 1. The van der Waals surface area contributed by atoms with E-state index >= 15 is 0 Å². The molecule has 7 nitrogen and oxygen atoms in total. The molecule has 0 saturated carbocycles. The van der Waals surface area contributed by atoms with Crippen LogP contribution in [-0.4, -0.2) is 39.7 Å². The van der Waals surface area contributed by atoms with E-state index in [1.807, 2.05) is 31.3 Å². The molecule has 116 valence electrons. The Morgan fingerprint density at radius 2 is 2.29 bits per heavy atom. The summed E-state index contributed by atoms with van der Waals surface area (Å²) in [5.74, 6) is 1.96. The van der Waals surface area contributed by atoms with Crippen molar-refractivity contribution in [1.29, 1.82) is 0 Å². The molecule has 0 atom stereocenters. The van der Waals surface area contributed by atoms with Crippen LogP contribution in [0.3, 0.4) is 0 Å². The second-order valence-electron chi connectivity index (χ2n) is 4.60. The molecule has 0 aromatic carbocycles. The highest BCUT2D eigenvalue weighted by Gasteiger charge is 2.10. The van der Waals surface area contributed by atoms with Gasteiger partial charge < -0.3 is 19.3 Å². The Morgan fingerprint density at radius 1 is 1.52 bits per heavy atom. The first-order valence-electron chi connectivity index (χ1n) is 6.41. The summed E-state index contributed by atoms with van der Waals surface area (Å²) in [7, 11) is 5.77. The lowest BCUT2D eigenvalue weighted by Gasteiger charge is -2.21. The number of hydrogen-bond acceptors (Lipinski definition) is 4. The monoisotopic (exact) mass is 404 g/mol. The maximum atomic E-state index is 5.06. The number of aryl methyl sites for hydroxylation is 2. The van der Waals surface area contributed by atoms with E-state index in [9.17, 15) is 0 Å². The van der Waals surface area contributed by atoms with E-state index in [4.69, 9.17) is 4.52 Å². The molecule has 2 aromatic rings. The van der Waals surface area contributed by atoms with Crippen molar-refractivity contribution in [2.45, 2.75) is 20.0 Å². The van der Waals surface area contributed by atoms with Crippen molar-refractivity contribution in [3.8, 4) is 0 Å². The molecule has 0 saturated heterocycles. The Hall–Kier alpha value is -1.58. The molecule has 2 heterocycles. The Kier molecular flexibility index (Phi) is 6.66. The molecule has 0 aliphatic carbocycles. The lowest BCUT2D eigenvalue weighted by Crippen LogP contribution is -2.38. The van der Waals surface area contributed by atoms with Crippen LogP contribution >= 0.6 is 24.0 Å². The fourth-order valence-electron chi connectivity index (χ4n) is 1.93. The number of halogens is 1. The number of aromatic nitrogens is 3. The third kappa shape index (κ3) is 4.73. The summed E-state index contributed by atoms with van der Waals surface area (Å²) in [5, 5.41) is 6.96. The zero-order valence-corrected chi connectivity index (χ0v) is 15.0. The van der Waals surface area contributed by atoms with E-state index in [-0.39, 0.29) is 24.0 Å². The van der Waals surface area contributed by atoms with Crippen LogP contribution in [0.25, 0.3) is 0 Å². The number of rotatable bonds is 4. The summed E-state index contributed by atoms with van der Waals surface area (Å²) in [6.07, 6.45) is 2.03. The van der Waals surface area contributed by atoms with Gasteiger partial charge in [-0.2, -0.15) is 4.98 Å². The van der Waals surface area contributed by atoms with Gasteiger partial charge in [-0.1, -0.05) is 5.16 Å². The SMILES string of the molecule is CN=C(NCc1nc(C)no1)N(C)Cc1cccn1C.I. The second-order valence-corrected chi connectivity index (χ2v) is 4.60. The van der Waals surface area contributed by atoms with Crippen molar-refractivity contribution in [3.05, 3.63) is 35.7 Å². The van der Waals surface area contributed by atoms with Crippen molar-refractivity contribution >= 4 is 29.9 Å². The molecule has 0 unspecified atom stereocenters. The van der Waals surface area contributed by atoms with Crippen molar-refractivity contribution in [3.63, 3.8) is 0 Å². The summed E-state index contributed by atoms with van der Waals surface area (Å²) >= 11 is 0. The van der Waals surface area contributed by atoms with Crippen LogP contribution in [-0.2, 0) is 20.1 Å². The zero-order chi connectivity index (χ0) is 14.5. The minimum Gasteiger partial charge on any atom is -0.353 e. The number of hydrogen-bond donors (Lipinski definition) is 1. The number of nitrogens with zero attached hydrogens (tertiary/aromatic N) is 5. The normalized spacial score (nSPS) is 11.1. The van der Waals surface area contributed by atoms with Crippen LogP contribution in [0, 0.1) is 6.92 Å². The van der Waals surface area contributed by atoms with E-state index in [2.05, 4.69) is 31.1 Å². The molecule has 2 aromatic heterocycles. The van der Waals surface area contributed by atoms with Gasteiger partial charge in [0.25, 0.3) is 0 Å². The first-order valence-corrected chi connectivity index (χ1v) is 6.41. The first kappa shape index (κ1) is 17.5. The molecule has 0 radical (unpaired) electrons. The maximum Gasteiger partial charge on any atom is 0.246 e. The highest BCUT2D eigenvalue weighted by atomic mass is 127. The van der Waals surface area contributed by atoms with Gasteiger partial charge in [0.15, 0.2) is 11.8 Å². The molecule has 0 aliphatic rings. The maximum absolute atomic E-state index is 5.06. The Labute approximate surface area is 141 Å². The average Bonchev–Trinajstić information content (AvgIpc) is 3.00. The summed E-state index contributed by atoms with van der Waals surface area (Å²) in [6, 6.07) is 4.12. The highest BCUT2D eigenvalue weighted by molar-refractivity contribution is 14.0. The highest BCUT2D eigenvalue weighted by Crippen LogP contribution is 2.04. The van der Waals surface area contributed by atoms with Crippen LogP contribution in [0.15, 0.2) is 27.8 Å². The third-order valence-corrected chi connectivity index (χ3v) is 2.99. The van der Waals surface area contributed by atoms with Crippen molar-refractivity contribution < 1.29 is 4.52 Å². The van der Waals surface area contributed by atoms with Crippen molar-refractivity contribution in [2.24, 2.45) is 12.0 Å². The van der Waals surface area contributed by atoms with E-state index in [0.29, 0.717) is 18.3 Å². The fourth-order valence-corrected chi connectivity index (χ4v) is 1.93. The topological polar surface area (TPSA) is 71.5 Å². The smallest absolute Gasteiger partial charge is 0.246 e. The second kappa shape index (κ2) is 8.01. The van der Waals surface area contributed by atoms with Gasteiger partial charge in [0, 0.05) is 33.0 Å². The summed E-state index contributed by atoms with van der Waals surface area (Å²) < 4.78 is 7.15. The van der Waals surface area contributed by atoms with E-state index in [1.165, 1.54) is 5.69 Å². The molecular formula is C13H21IN6O. The van der Waals surface area contributed by atoms with Crippen LogP contribution in [0.4, 0.5) is 0 Å². The molecule has 0 aliphatic heterocycles. The van der Waals surface area contributed by atoms with Gasteiger partial charge in [-0.05, 0) is 19.1 Å². The quantitative estimate of drug-likeness (QED) is 0.476. The molecule has 2 rings (SSSR count). The minimum absolute atomic E-state index is 0. The molecular weight excluding hydrogens is 383 g/mol. The van der Waals surface area contributed by atoms with E-state index in [0.717, 1.165) is 12.5 Å². The predicted molar refractivity (Wildman–Crippen MR) is 91.5 cm³/mol. The van der Waals surface area contributed by atoms with E-state index in [1.54, 1.807) is 14.0 Å². The third-order valence-electron chi connectivity index (χ3n) is 2.99. The number of aliphatic imine (C=N–C) groups is 1. The lowest BCUT2D eigenvalue weighted by atomic mass is 10.4. The lowest BCUT2D eigenvalue weighted by molar-refractivity contribution is 0.367. The van der Waals surface area contributed by atoms with Gasteiger partial charge >= 0.3 is 0 Å². The van der Waals surface area contributed by atoms with Gasteiger partial charge in [0.1, 0.15) is 0 Å². The van der Waals surface area contributed by atoms with Gasteiger partial charge in [0.05, 0.1) is 13.1 Å². The summed E-state index contributed by atoms with van der Waals surface area (Å²) in [6.45, 7) is 3.03. The Bertz CT molecular complexity index is 591. The number of guanidine groups is 1. The molecule has 0 fully saturated rings. The fraction of sp³-hybridized carbons (Fsp3) is 0.462. The van der Waals surface area contributed by atoms with Gasteiger partial charge in [0.2, 0.25) is 5.89 Å². The van der Waals surface area contributed by atoms with Gasteiger partial charge in [-0.25, -0.2) is 0 Å². The van der Waals surface area contributed by atoms with E-state index < -0.39 is 0 Å². The largest absolute Gasteiger partial charge is 0.353 e. The van der Waals surface area contributed by atoms with Crippen LogP contribution < -0.4 is 5.32 Å². The Morgan fingerprint density at radius 3 is 2.81 bits per heavy atom. The Balaban J connectivity index is 0.00000220. The standard InChI is InChI=1S/C13H20N6O.HI/c1-10-16-12(20-17-10)8-15-13(14-2)19(4)9-11-6-5-7-18(11)3;/h5-7H,8-9H2,1-4H3,(H,14,15);1H. The molecule has 0 bridgehead atoms. The van der Waals surface area contributed by atoms with Crippen LogP contribution in [0.1, 0.15) is 17.4 Å². The van der Waals surface area contributed by atoms with Crippen molar-refractivity contribution in [1.82, 2.24) is 24.9 Å². The molecule has 0 spiro atoms. The zero-order valence-electron chi connectivity index (χ0n) is 12.7. The van der Waals surface area contributed by atoms with Gasteiger partial charge in [-0.15, -0.1) is 24.0 Å². The molecule has 21 heavy (non-hydrogen) atoms. The molecule has 1 N–H and O–H groups in total. The van der Waals surface area contributed by atoms with Gasteiger partial charge in [-0.3, -0.25) is 4.99 Å². The van der Waals surface area contributed by atoms with Crippen molar-refractivity contribution in [2.75, 3.05) is 14.1 Å². The molecule has 8 heteroatoms. The first-order chi connectivity index (χ1) is 9.60. The predicted octanol–water partition coefficient (Wildman–Crippen LogP) is 1.54. The average molecular weight is 404 g/mol. The minimum atomic E-state index is 0. The summed E-state index contributed by atoms with van der Waals surface area (Å²) in [5.41, 5.74) is 1.21. The van der Waals surface area contributed by atoms with Crippen LogP contribution in [0.5, 0.6) is 0 Å². The summed E-state index contributed by atoms with van der Waals surface area (Å²) in [4.78, 5) is 10.4. The molecule has 0 amide bonds.